The first-order chi connectivity index (χ1) is 10.8. The Hall–Kier alpha value is -0.0800. The van der Waals surface area contributed by atoms with E-state index in [0.717, 1.165) is 6.61 Å². The van der Waals surface area contributed by atoms with Gasteiger partial charge in [-0.2, -0.15) is 0 Å². The zero-order valence-corrected chi connectivity index (χ0v) is 17.2. The molecule has 0 atom stereocenters. The molecule has 0 heterocycles. The highest BCUT2D eigenvalue weighted by Gasteiger charge is 2.07. The summed E-state index contributed by atoms with van der Waals surface area (Å²) in [5.41, 5.74) is 0. The van der Waals surface area contributed by atoms with Gasteiger partial charge in [0, 0.05) is 13.2 Å². The first kappa shape index (κ1) is 26.8. The lowest BCUT2D eigenvalue weighted by Crippen LogP contribution is -2.27. The summed E-state index contributed by atoms with van der Waals surface area (Å²) < 4.78 is 6.00. The molecule has 0 amide bonds. The monoisotopic (exact) mass is 317 g/mol. The van der Waals surface area contributed by atoms with E-state index in [9.17, 15) is 0 Å². The Balaban J connectivity index is -0.000000826. The van der Waals surface area contributed by atoms with Crippen LogP contribution in [0.3, 0.4) is 0 Å². The molecule has 0 saturated carbocycles. The van der Waals surface area contributed by atoms with Gasteiger partial charge in [0.05, 0.1) is 6.10 Å². The molecule has 0 fully saturated rings. The van der Waals surface area contributed by atoms with Crippen LogP contribution in [0.1, 0.15) is 100 Å². The van der Waals surface area contributed by atoms with Gasteiger partial charge in [0.25, 0.3) is 0 Å². The lowest BCUT2D eigenvalue weighted by molar-refractivity contribution is 0.0351. The normalized spacial score (nSPS) is 10.1. The zero-order chi connectivity index (χ0) is 17.6. The zero-order valence-electron chi connectivity index (χ0n) is 17.2. The number of hydrogen-bond donors (Lipinski definition) is 0. The lowest BCUT2D eigenvalue weighted by atomic mass is 10.1. The van der Waals surface area contributed by atoms with Crippen LogP contribution in [0.15, 0.2) is 0 Å². The van der Waals surface area contributed by atoms with Gasteiger partial charge in [-0.1, -0.05) is 74.7 Å². The summed E-state index contributed by atoms with van der Waals surface area (Å²) >= 11 is 0. The van der Waals surface area contributed by atoms with E-state index in [-0.39, 0.29) is 0 Å². The van der Waals surface area contributed by atoms with Gasteiger partial charge < -0.3 is 9.64 Å². The van der Waals surface area contributed by atoms with Crippen LogP contribution < -0.4 is 0 Å². The van der Waals surface area contributed by atoms with Gasteiger partial charge in [-0.3, -0.25) is 0 Å². The molecule has 0 spiro atoms. The first-order valence-corrected chi connectivity index (χ1v) is 10.1. The summed E-state index contributed by atoms with van der Waals surface area (Å²) in [6.45, 7) is 21.6. The third-order valence-corrected chi connectivity index (χ3v) is 3.47. The topological polar surface area (TPSA) is 12.5 Å². The van der Waals surface area contributed by atoms with Crippen LogP contribution in [0.25, 0.3) is 0 Å². The molecule has 2 heteroatoms. The van der Waals surface area contributed by atoms with Crippen molar-refractivity contribution in [3.8, 4) is 0 Å². The summed E-state index contributed by atoms with van der Waals surface area (Å²) in [5, 5.41) is 0. The summed E-state index contributed by atoms with van der Waals surface area (Å²) in [5.74, 6) is 0. The van der Waals surface area contributed by atoms with Gasteiger partial charge in [0.2, 0.25) is 0 Å². The Kier molecular flexibility index (Phi) is 31.5. The van der Waals surface area contributed by atoms with Crippen LogP contribution in [-0.4, -0.2) is 37.2 Å². The molecule has 0 aromatic carbocycles. The van der Waals surface area contributed by atoms with E-state index in [1.165, 1.54) is 64.6 Å². The number of rotatable bonds is 13. The third kappa shape index (κ3) is 19.9. The molecule has 0 bridgehead atoms. The van der Waals surface area contributed by atoms with Crippen molar-refractivity contribution < 1.29 is 4.74 Å². The van der Waals surface area contributed by atoms with E-state index in [1.807, 2.05) is 27.7 Å². The Morgan fingerprint density at radius 3 is 1.64 bits per heavy atom. The van der Waals surface area contributed by atoms with Crippen molar-refractivity contribution in [2.45, 2.75) is 106 Å². The molecule has 0 N–H and O–H groups in total. The van der Waals surface area contributed by atoms with E-state index in [1.54, 1.807) is 0 Å². The van der Waals surface area contributed by atoms with E-state index in [2.05, 4.69) is 32.6 Å². The minimum absolute atomic E-state index is 0.505. The Labute approximate surface area is 143 Å². The molecular weight excluding hydrogens is 270 g/mol. The fourth-order valence-corrected chi connectivity index (χ4v) is 2.30. The van der Waals surface area contributed by atoms with Crippen LogP contribution >= 0.6 is 0 Å². The quantitative estimate of drug-likeness (QED) is 0.358. The first-order valence-electron chi connectivity index (χ1n) is 10.1. The second-order valence-electron chi connectivity index (χ2n) is 5.21. The molecule has 138 valence electrons. The van der Waals surface area contributed by atoms with Crippen LogP contribution in [-0.2, 0) is 4.74 Å². The maximum atomic E-state index is 6.00. The van der Waals surface area contributed by atoms with Gasteiger partial charge in [-0.15, -0.1) is 0 Å². The van der Waals surface area contributed by atoms with Crippen molar-refractivity contribution in [3.05, 3.63) is 0 Å². The Morgan fingerprint density at radius 2 is 1.23 bits per heavy atom. The highest BCUT2D eigenvalue weighted by Crippen LogP contribution is 2.09. The SMILES string of the molecule is CC.CC.CCCCN(CC)CCCOC(CCC)CCC. The molecule has 0 aliphatic carbocycles. The fourth-order valence-electron chi connectivity index (χ4n) is 2.30. The molecule has 0 radical (unpaired) electrons. The lowest BCUT2D eigenvalue weighted by Gasteiger charge is -2.21. The van der Waals surface area contributed by atoms with Crippen LogP contribution in [0, 0.1) is 0 Å². The number of nitrogens with zero attached hydrogens (tertiary/aromatic N) is 1. The van der Waals surface area contributed by atoms with Crippen LogP contribution in [0.2, 0.25) is 0 Å². The number of unbranched alkanes of at least 4 members (excludes halogenated alkanes) is 1. The number of hydrogen-bond acceptors (Lipinski definition) is 2. The maximum absolute atomic E-state index is 6.00. The average Bonchev–Trinajstić information content (AvgIpc) is 2.58. The van der Waals surface area contributed by atoms with E-state index < -0.39 is 0 Å². The van der Waals surface area contributed by atoms with Crippen LogP contribution in [0.4, 0.5) is 0 Å². The highest BCUT2D eigenvalue weighted by atomic mass is 16.5. The van der Waals surface area contributed by atoms with Crippen molar-refractivity contribution in [3.63, 3.8) is 0 Å². The van der Waals surface area contributed by atoms with Gasteiger partial charge in [-0.05, 0) is 38.8 Å². The van der Waals surface area contributed by atoms with Crippen molar-refractivity contribution >= 4 is 0 Å². The number of ether oxygens (including phenoxy) is 1. The van der Waals surface area contributed by atoms with Gasteiger partial charge in [0.1, 0.15) is 0 Å². The predicted molar refractivity (Wildman–Crippen MR) is 104 cm³/mol. The second-order valence-corrected chi connectivity index (χ2v) is 5.21. The molecule has 22 heavy (non-hydrogen) atoms. The molecule has 0 aromatic heterocycles. The van der Waals surface area contributed by atoms with E-state index in [4.69, 9.17) is 4.74 Å². The Bertz CT molecular complexity index is 156. The molecule has 0 aromatic rings. The standard InChI is InChI=1S/C16H35NO.2C2H6/c1-5-9-13-17(8-4)14-10-15-18-16(11-6-2)12-7-3;2*1-2/h16H,5-15H2,1-4H3;2*1-2H3. The third-order valence-electron chi connectivity index (χ3n) is 3.47. The molecule has 0 rings (SSSR count). The van der Waals surface area contributed by atoms with E-state index in [0.29, 0.717) is 6.10 Å². The van der Waals surface area contributed by atoms with Crippen molar-refractivity contribution in [2.24, 2.45) is 0 Å². The van der Waals surface area contributed by atoms with Crippen LogP contribution in [0.5, 0.6) is 0 Å². The molecule has 0 unspecified atom stereocenters. The smallest absolute Gasteiger partial charge is 0.0575 e. The van der Waals surface area contributed by atoms with Gasteiger partial charge in [0.15, 0.2) is 0 Å². The Morgan fingerprint density at radius 1 is 0.727 bits per heavy atom. The van der Waals surface area contributed by atoms with E-state index >= 15 is 0 Å². The largest absolute Gasteiger partial charge is 0.378 e. The average molecular weight is 318 g/mol. The molecule has 0 aliphatic heterocycles. The summed E-state index contributed by atoms with van der Waals surface area (Å²) in [6.07, 6.45) is 9.23. The minimum atomic E-state index is 0.505. The summed E-state index contributed by atoms with van der Waals surface area (Å²) in [7, 11) is 0. The second kappa shape index (κ2) is 25.9. The maximum Gasteiger partial charge on any atom is 0.0575 e. The minimum Gasteiger partial charge on any atom is -0.378 e. The van der Waals surface area contributed by atoms with Crippen molar-refractivity contribution in [1.82, 2.24) is 4.90 Å². The van der Waals surface area contributed by atoms with Crippen molar-refractivity contribution in [2.75, 3.05) is 26.2 Å². The van der Waals surface area contributed by atoms with Crippen molar-refractivity contribution in [1.29, 1.82) is 0 Å². The summed E-state index contributed by atoms with van der Waals surface area (Å²) in [6, 6.07) is 0. The molecule has 0 saturated heterocycles. The highest BCUT2D eigenvalue weighted by molar-refractivity contribution is 4.58. The summed E-state index contributed by atoms with van der Waals surface area (Å²) in [4.78, 5) is 2.54. The molecule has 0 aliphatic rings. The molecular formula is C20H47NO. The van der Waals surface area contributed by atoms with Gasteiger partial charge >= 0.3 is 0 Å². The predicted octanol–water partition coefficient (Wildman–Crippen LogP) is 6.54. The molecule has 2 nitrogen and oxygen atoms in total. The van der Waals surface area contributed by atoms with Gasteiger partial charge in [-0.25, -0.2) is 0 Å². The fraction of sp³-hybridized carbons (Fsp3) is 1.00.